The Balaban J connectivity index is 2.41. The maximum atomic E-state index is 10.3. The van der Waals surface area contributed by atoms with Gasteiger partial charge in [0.1, 0.15) is 12.0 Å². The van der Waals surface area contributed by atoms with Crippen LogP contribution >= 0.6 is 11.3 Å². The largest absolute Gasteiger partial charge is 0.464 e. The number of carbonyl (C=O) groups excluding carboxylic acids is 1. The Labute approximate surface area is 73.4 Å². The second-order valence-corrected chi connectivity index (χ2v) is 3.15. The quantitative estimate of drug-likeness (QED) is 0.662. The van der Waals surface area contributed by atoms with Crippen molar-refractivity contribution < 1.29 is 9.21 Å². The molecule has 0 N–H and O–H groups in total. The second kappa shape index (κ2) is 2.95. The Hall–Kier alpha value is -1.35. The molecule has 0 aliphatic heterocycles. The summed E-state index contributed by atoms with van der Waals surface area (Å²) in [5, 5.41) is 3.95. The highest BCUT2D eigenvalue weighted by Crippen LogP contribution is 2.23. The second-order valence-electron chi connectivity index (χ2n) is 2.37. The Morgan fingerprint density at radius 3 is 3.00 bits per heavy atom. The minimum Gasteiger partial charge on any atom is -0.464 e. The first-order valence-electron chi connectivity index (χ1n) is 3.46. The molecule has 0 aromatic carbocycles. The number of carbonyl (C=O) groups is 1. The lowest BCUT2D eigenvalue weighted by molar-refractivity contribution is 0.112. The molecule has 0 atom stereocenters. The van der Waals surface area contributed by atoms with Crippen LogP contribution in [-0.2, 0) is 0 Å². The predicted molar refractivity (Wildman–Crippen MR) is 47.4 cm³/mol. The Kier molecular flexibility index (Phi) is 1.80. The van der Waals surface area contributed by atoms with E-state index in [2.05, 4.69) is 0 Å². The van der Waals surface area contributed by atoms with E-state index in [1.54, 1.807) is 17.4 Å². The van der Waals surface area contributed by atoms with Gasteiger partial charge in [-0.05, 0) is 17.5 Å². The molecule has 0 amide bonds. The zero-order valence-electron chi connectivity index (χ0n) is 6.19. The molecule has 2 rings (SSSR count). The molecule has 3 heteroatoms. The Morgan fingerprint density at radius 1 is 1.50 bits per heavy atom. The summed E-state index contributed by atoms with van der Waals surface area (Å²) in [6.07, 6.45) is 2.24. The molecular weight excluding hydrogens is 172 g/mol. The highest BCUT2D eigenvalue weighted by atomic mass is 32.1. The van der Waals surface area contributed by atoms with Crippen LogP contribution in [0.3, 0.4) is 0 Å². The van der Waals surface area contributed by atoms with Gasteiger partial charge < -0.3 is 4.42 Å². The van der Waals surface area contributed by atoms with E-state index in [1.807, 2.05) is 16.8 Å². The summed E-state index contributed by atoms with van der Waals surface area (Å²) in [4.78, 5) is 10.3. The predicted octanol–water partition coefficient (Wildman–Crippen LogP) is 2.82. The topological polar surface area (TPSA) is 30.2 Å². The normalized spacial score (nSPS) is 10.0. The van der Waals surface area contributed by atoms with Gasteiger partial charge in [-0.2, -0.15) is 11.3 Å². The van der Waals surface area contributed by atoms with Crippen molar-refractivity contribution in [3.8, 4) is 11.3 Å². The molecule has 2 heterocycles. The van der Waals surface area contributed by atoms with Gasteiger partial charge in [0.05, 0.1) is 5.56 Å². The molecule has 12 heavy (non-hydrogen) atoms. The first-order valence-corrected chi connectivity index (χ1v) is 4.41. The van der Waals surface area contributed by atoms with Crippen molar-refractivity contribution >= 4 is 17.6 Å². The molecule has 0 bridgehead atoms. The van der Waals surface area contributed by atoms with Gasteiger partial charge in [0, 0.05) is 10.9 Å². The smallest absolute Gasteiger partial charge is 0.153 e. The zero-order chi connectivity index (χ0) is 8.39. The van der Waals surface area contributed by atoms with E-state index in [4.69, 9.17) is 4.42 Å². The van der Waals surface area contributed by atoms with Gasteiger partial charge >= 0.3 is 0 Å². The van der Waals surface area contributed by atoms with Crippen LogP contribution in [0.4, 0.5) is 0 Å². The number of aldehydes is 1. The summed E-state index contributed by atoms with van der Waals surface area (Å²) in [7, 11) is 0. The molecule has 0 aliphatic rings. The average Bonchev–Trinajstić information content (AvgIpc) is 2.75. The van der Waals surface area contributed by atoms with Crippen molar-refractivity contribution in [2.45, 2.75) is 0 Å². The molecule has 0 fully saturated rings. The minimum atomic E-state index is 0.580. The van der Waals surface area contributed by atoms with E-state index in [0.29, 0.717) is 5.56 Å². The summed E-state index contributed by atoms with van der Waals surface area (Å²) >= 11 is 1.60. The van der Waals surface area contributed by atoms with Crippen LogP contribution in [-0.4, -0.2) is 6.29 Å². The summed E-state index contributed by atoms with van der Waals surface area (Å²) in [5.41, 5.74) is 1.60. The van der Waals surface area contributed by atoms with Crippen molar-refractivity contribution in [2.75, 3.05) is 0 Å². The number of hydrogen-bond acceptors (Lipinski definition) is 3. The van der Waals surface area contributed by atoms with Gasteiger partial charge in [-0.15, -0.1) is 0 Å². The fourth-order valence-electron chi connectivity index (χ4n) is 0.969. The lowest BCUT2D eigenvalue weighted by Gasteiger charge is -1.85. The van der Waals surface area contributed by atoms with Crippen molar-refractivity contribution in [3.63, 3.8) is 0 Å². The minimum absolute atomic E-state index is 0.580. The summed E-state index contributed by atoms with van der Waals surface area (Å²) < 4.78 is 5.18. The number of thiophene rings is 1. The lowest BCUT2D eigenvalue weighted by Crippen LogP contribution is -1.68. The van der Waals surface area contributed by atoms with Crippen LogP contribution in [0.2, 0.25) is 0 Å². The zero-order valence-corrected chi connectivity index (χ0v) is 7.01. The van der Waals surface area contributed by atoms with Gasteiger partial charge in [-0.25, -0.2) is 0 Å². The lowest BCUT2D eigenvalue weighted by atomic mass is 10.2. The van der Waals surface area contributed by atoms with Gasteiger partial charge in [-0.3, -0.25) is 4.79 Å². The van der Waals surface area contributed by atoms with E-state index < -0.39 is 0 Å². The summed E-state index contributed by atoms with van der Waals surface area (Å²) in [5.74, 6) is 0.748. The van der Waals surface area contributed by atoms with Gasteiger partial charge in [0.25, 0.3) is 0 Å². The third-order valence-electron chi connectivity index (χ3n) is 1.56. The summed E-state index contributed by atoms with van der Waals surface area (Å²) in [6, 6.07) is 3.69. The van der Waals surface area contributed by atoms with E-state index >= 15 is 0 Å². The van der Waals surface area contributed by atoms with E-state index in [9.17, 15) is 4.79 Å². The van der Waals surface area contributed by atoms with Crippen molar-refractivity contribution in [3.05, 3.63) is 34.7 Å². The standard InChI is InChI=1S/C9H6O2S/c10-4-7-3-9(11-5-7)8-1-2-12-6-8/h1-6H. The van der Waals surface area contributed by atoms with Crippen LogP contribution in [0.1, 0.15) is 10.4 Å². The highest BCUT2D eigenvalue weighted by molar-refractivity contribution is 7.08. The van der Waals surface area contributed by atoms with Crippen LogP contribution in [0.15, 0.2) is 33.6 Å². The highest BCUT2D eigenvalue weighted by Gasteiger charge is 2.03. The van der Waals surface area contributed by atoms with E-state index in [0.717, 1.165) is 17.6 Å². The fourth-order valence-corrected chi connectivity index (χ4v) is 1.61. The molecule has 0 unspecified atom stereocenters. The van der Waals surface area contributed by atoms with E-state index in [1.165, 1.54) is 6.26 Å². The molecule has 0 spiro atoms. The Morgan fingerprint density at radius 2 is 2.42 bits per heavy atom. The molecule has 60 valence electrons. The van der Waals surface area contributed by atoms with Gasteiger partial charge in [0.15, 0.2) is 6.29 Å². The molecule has 2 aromatic rings. The van der Waals surface area contributed by atoms with Gasteiger partial charge in [0.2, 0.25) is 0 Å². The number of furan rings is 1. The van der Waals surface area contributed by atoms with Gasteiger partial charge in [-0.1, -0.05) is 0 Å². The number of rotatable bonds is 2. The Bertz CT molecular complexity index is 373. The first kappa shape index (κ1) is 7.31. The van der Waals surface area contributed by atoms with Crippen molar-refractivity contribution in [1.82, 2.24) is 0 Å². The molecular formula is C9H6O2S. The average molecular weight is 178 g/mol. The van der Waals surface area contributed by atoms with Crippen LogP contribution in [0.5, 0.6) is 0 Å². The monoisotopic (exact) mass is 178 g/mol. The molecule has 0 aliphatic carbocycles. The molecule has 2 nitrogen and oxygen atoms in total. The van der Waals surface area contributed by atoms with Crippen LogP contribution in [0, 0.1) is 0 Å². The summed E-state index contributed by atoms with van der Waals surface area (Å²) in [6.45, 7) is 0. The first-order chi connectivity index (χ1) is 5.90. The van der Waals surface area contributed by atoms with Crippen LogP contribution in [0.25, 0.3) is 11.3 Å². The maximum Gasteiger partial charge on any atom is 0.153 e. The van der Waals surface area contributed by atoms with Crippen molar-refractivity contribution in [1.29, 1.82) is 0 Å². The molecule has 0 saturated heterocycles. The number of hydrogen-bond donors (Lipinski definition) is 0. The fraction of sp³-hybridized carbons (Fsp3) is 0. The van der Waals surface area contributed by atoms with Crippen molar-refractivity contribution in [2.24, 2.45) is 0 Å². The third kappa shape index (κ3) is 1.19. The third-order valence-corrected chi connectivity index (χ3v) is 2.24. The van der Waals surface area contributed by atoms with Crippen LogP contribution < -0.4 is 0 Å². The van der Waals surface area contributed by atoms with E-state index in [-0.39, 0.29) is 0 Å². The maximum absolute atomic E-state index is 10.3. The SMILES string of the molecule is O=Cc1coc(-c2ccsc2)c1. The molecule has 0 saturated carbocycles. The molecule has 2 aromatic heterocycles. The molecule has 0 radical (unpaired) electrons.